The first-order valence-electron chi connectivity index (χ1n) is 8.44. The molecule has 0 bridgehead atoms. The van der Waals surface area contributed by atoms with Crippen molar-refractivity contribution < 1.29 is 9.47 Å². The van der Waals surface area contributed by atoms with Gasteiger partial charge in [-0.25, -0.2) is 0 Å². The topological polar surface area (TPSA) is 48.3 Å². The zero-order valence-electron chi connectivity index (χ0n) is 13.5. The summed E-state index contributed by atoms with van der Waals surface area (Å²) in [5, 5.41) is 8.11. The van der Waals surface area contributed by atoms with E-state index in [1.807, 2.05) is 30.1 Å². The van der Waals surface area contributed by atoms with Crippen LogP contribution in [0.3, 0.4) is 0 Å². The van der Waals surface area contributed by atoms with E-state index in [1.165, 1.54) is 23.2 Å². The lowest BCUT2D eigenvalue weighted by Gasteiger charge is -2.24. The van der Waals surface area contributed by atoms with Crippen molar-refractivity contribution in [3.8, 4) is 11.5 Å². The first-order chi connectivity index (χ1) is 11.3. The molecule has 1 atom stereocenters. The highest BCUT2D eigenvalue weighted by atomic mass is 16.5. The summed E-state index contributed by atoms with van der Waals surface area (Å²) in [6, 6.07) is 6.52. The summed E-state index contributed by atoms with van der Waals surface area (Å²) in [7, 11) is 2.03. The van der Waals surface area contributed by atoms with Crippen LogP contribution in [-0.4, -0.2) is 23.0 Å². The molecule has 5 heteroatoms. The van der Waals surface area contributed by atoms with E-state index in [4.69, 9.17) is 9.47 Å². The molecule has 0 amide bonds. The van der Waals surface area contributed by atoms with E-state index in [2.05, 4.69) is 16.5 Å². The third-order valence-electron chi connectivity index (χ3n) is 4.77. The fraction of sp³-hybridized carbons (Fsp3) is 0.500. The van der Waals surface area contributed by atoms with Crippen molar-refractivity contribution in [2.24, 2.45) is 7.05 Å². The van der Waals surface area contributed by atoms with Crippen LogP contribution in [0.1, 0.15) is 42.1 Å². The van der Waals surface area contributed by atoms with Crippen LogP contribution in [0.5, 0.6) is 11.5 Å². The summed E-state index contributed by atoms with van der Waals surface area (Å²) >= 11 is 0. The summed E-state index contributed by atoms with van der Waals surface area (Å²) in [5.74, 6) is 1.77. The molecule has 0 radical (unpaired) electrons. The van der Waals surface area contributed by atoms with Gasteiger partial charge in [-0.15, -0.1) is 0 Å². The molecule has 1 aromatic heterocycles. The Balaban J connectivity index is 1.52. The molecule has 1 N–H and O–H groups in total. The zero-order chi connectivity index (χ0) is 15.6. The number of hydrogen-bond donors (Lipinski definition) is 1. The standard InChI is InChI=1S/C18H23N3O2/c1-21-16-7-3-6-15(14(16)12-20-21)19-11-13-5-2-8-17-18(13)23-10-4-9-22-17/h2,5,8,12,15,19H,3-4,6-7,9-11H2,1H3/t15-/m1/s1. The van der Waals surface area contributed by atoms with E-state index in [0.29, 0.717) is 6.04 Å². The Labute approximate surface area is 136 Å². The first kappa shape index (κ1) is 14.6. The van der Waals surface area contributed by atoms with Gasteiger partial charge in [-0.1, -0.05) is 12.1 Å². The Morgan fingerprint density at radius 3 is 3.13 bits per heavy atom. The molecule has 0 spiro atoms. The largest absolute Gasteiger partial charge is 0.490 e. The molecular formula is C18H23N3O2. The Hall–Kier alpha value is -2.01. The van der Waals surface area contributed by atoms with E-state index in [-0.39, 0.29) is 0 Å². The van der Waals surface area contributed by atoms with Crippen LogP contribution in [0.15, 0.2) is 24.4 Å². The predicted molar refractivity (Wildman–Crippen MR) is 87.8 cm³/mol. The quantitative estimate of drug-likeness (QED) is 0.946. The van der Waals surface area contributed by atoms with Gasteiger partial charge >= 0.3 is 0 Å². The summed E-state index contributed by atoms with van der Waals surface area (Å²) in [4.78, 5) is 0. The minimum atomic E-state index is 0.370. The average Bonchev–Trinajstić information content (AvgIpc) is 2.81. The number of para-hydroxylation sites is 1. The van der Waals surface area contributed by atoms with Crippen LogP contribution in [0.4, 0.5) is 0 Å². The first-order valence-corrected chi connectivity index (χ1v) is 8.44. The molecule has 5 nitrogen and oxygen atoms in total. The van der Waals surface area contributed by atoms with E-state index in [0.717, 1.165) is 50.5 Å². The summed E-state index contributed by atoms with van der Waals surface area (Å²) < 4.78 is 13.7. The summed E-state index contributed by atoms with van der Waals surface area (Å²) in [6.45, 7) is 2.23. The zero-order valence-corrected chi connectivity index (χ0v) is 13.5. The van der Waals surface area contributed by atoms with Crippen molar-refractivity contribution in [2.45, 2.75) is 38.3 Å². The van der Waals surface area contributed by atoms with Gasteiger partial charge in [0.2, 0.25) is 0 Å². The molecule has 2 aliphatic rings. The minimum Gasteiger partial charge on any atom is -0.490 e. The van der Waals surface area contributed by atoms with E-state index < -0.39 is 0 Å². The maximum Gasteiger partial charge on any atom is 0.165 e. The predicted octanol–water partition coefficient (Wildman–Crippen LogP) is 2.75. The lowest BCUT2D eigenvalue weighted by atomic mass is 9.93. The van der Waals surface area contributed by atoms with Gasteiger partial charge in [0.05, 0.1) is 19.4 Å². The third-order valence-corrected chi connectivity index (χ3v) is 4.77. The molecule has 122 valence electrons. The van der Waals surface area contributed by atoms with Crippen LogP contribution in [-0.2, 0) is 20.0 Å². The minimum absolute atomic E-state index is 0.370. The van der Waals surface area contributed by atoms with Gasteiger partial charge in [-0.3, -0.25) is 4.68 Å². The van der Waals surface area contributed by atoms with Crippen LogP contribution >= 0.6 is 0 Å². The van der Waals surface area contributed by atoms with Gasteiger partial charge in [-0.2, -0.15) is 5.10 Å². The van der Waals surface area contributed by atoms with Gasteiger partial charge in [0.25, 0.3) is 0 Å². The normalized spacial score (nSPS) is 20.0. The number of rotatable bonds is 3. The van der Waals surface area contributed by atoms with E-state index in [9.17, 15) is 0 Å². The Kier molecular flexibility index (Phi) is 3.95. The van der Waals surface area contributed by atoms with Crippen LogP contribution in [0, 0.1) is 0 Å². The van der Waals surface area contributed by atoms with Crippen molar-refractivity contribution >= 4 is 0 Å². The number of nitrogens with one attached hydrogen (secondary N) is 1. The van der Waals surface area contributed by atoms with Crippen LogP contribution in [0.2, 0.25) is 0 Å². The van der Waals surface area contributed by atoms with Crippen molar-refractivity contribution in [2.75, 3.05) is 13.2 Å². The maximum absolute atomic E-state index is 5.91. The molecule has 4 rings (SSSR count). The number of benzene rings is 1. The molecule has 1 aliphatic heterocycles. The Morgan fingerprint density at radius 2 is 2.17 bits per heavy atom. The number of nitrogens with zero attached hydrogens (tertiary/aromatic N) is 2. The van der Waals surface area contributed by atoms with E-state index >= 15 is 0 Å². The van der Waals surface area contributed by atoms with Gasteiger partial charge in [0.15, 0.2) is 11.5 Å². The fourth-order valence-electron chi connectivity index (χ4n) is 3.54. The lowest BCUT2D eigenvalue weighted by Crippen LogP contribution is -2.25. The van der Waals surface area contributed by atoms with Crippen molar-refractivity contribution in [1.82, 2.24) is 15.1 Å². The van der Waals surface area contributed by atoms with Crippen LogP contribution in [0.25, 0.3) is 0 Å². The number of ether oxygens (including phenoxy) is 2. The van der Waals surface area contributed by atoms with E-state index in [1.54, 1.807) is 0 Å². The highest BCUT2D eigenvalue weighted by Crippen LogP contribution is 2.34. The SMILES string of the molecule is Cn1ncc2c1CCC[C@H]2NCc1cccc2c1OCCCO2. The second-order valence-corrected chi connectivity index (χ2v) is 6.29. The molecule has 1 aromatic carbocycles. The third kappa shape index (κ3) is 2.81. The van der Waals surface area contributed by atoms with Gasteiger partial charge in [-0.05, 0) is 25.3 Å². The summed E-state index contributed by atoms with van der Waals surface area (Å²) in [5.41, 5.74) is 3.87. The molecule has 0 fully saturated rings. The number of fused-ring (bicyclic) bond motifs is 2. The lowest BCUT2D eigenvalue weighted by molar-refractivity contribution is 0.295. The van der Waals surface area contributed by atoms with Crippen molar-refractivity contribution in [3.05, 3.63) is 41.2 Å². The highest BCUT2D eigenvalue weighted by Gasteiger charge is 2.23. The second-order valence-electron chi connectivity index (χ2n) is 6.29. The maximum atomic E-state index is 5.91. The number of aromatic nitrogens is 2. The van der Waals surface area contributed by atoms with Gasteiger partial charge in [0.1, 0.15) is 0 Å². The Bertz CT molecular complexity index is 696. The molecule has 0 saturated carbocycles. The molecule has 0 unspecified atom stereocenters. The fourth-order valence-corrected chi connectivity index (χ4v) is 3.54. The van der Waals surface area contributed by atoms with Crippen molar-refractivity contribution in [1.29, 1.82) is 0 Å². The molecule has 0 saturated heterocycles. The summed E-state index contributed by atoms with van der Waals surface area (Å²) in [6.07, 6.45) is 6.43. The number of aryl methyl sites for hydroxylation is 1. The Morgan fingerprint density at radius 1 is 1.26 bits per heavy atom. The van der Waals surface area contributed by atoms with Gasteiger partial charge in [0, 0.05) is 42.9 Å². The van der Waals surface area contributed by atoms with Crippen molar-refractivity contribution in [3.63, 3.8) is 0 Å². The van der Waals surface area contributed by atoms with Gasteiger partial charge < -0.3 is 14.8 Å². The number of hydrogen-bond acceptors (Lipinski definition) is 4. The molecule has 2 heterocycles. The monoisotopic (exact) mass is 313 g/mol. The van der Waals surface area contributed by atoms with Crippen LogP contribution < -0.4 is 14.8 Å². The average molecular weight is 313 g/mol. The molecular weight excluding hydrogens is 290 g/mol. The smallest absolute Gasteiger partial charge is 0.165 e. The molecule has 2 aromatic rings. The highest BCUT2D eigenvalue weighted by molar-refractivity contribution is 5.47. The second kappa shape index (κ2) is 6.24. The molecule has 1 aliphatic carbocycles. The molecule has 23 heavy (non-hydrogen) atoms.